The fraction of sp³-hybridized carbons (Fsp3) is 0.462. The zero-order valence-electron chi connectivity index (χ0n) is 9.36. The van der Waals surface area contributed by atoms with E-state index in [1.165, 1.54) is 5.57 Å². The van der Waals surface area contributed by atoms with E-state index in [0.717, 1.165) is 5.57 Å². The molecule has 15 heavy (non-hydrogen) atoms. The number of ether oxygens (including phenoxy) is 1. The van der Waals surface area contributed by atoms with Crippen LogP contribution in [0.3, 0.4) is 0 Å². The molecule has 80 valence electrons. The molecule has 2 nitrogen and oxygen atoms in total. The van der Waals surface area contributed by atoms with Gasteiger partial charge in [-0.1, -0.05) is 31.6 Å². The second-order valence-corrected chi connectivity index (χ2v) is 4.50. The summed E-state index contributed by atoms with van der Waals surface area (Å²) in [6, 6.07) is 0. The topological polar surface area (TPSA) is 26.3 Å². The van der Waals surface area contributed by atoms with E-state index < -0.39 is 0 Å². The van der Waals surface area contributed by atoms with Gasteiger partial charge in [0.15, 0.2) is 0 Å². The predicted molar refractivity (Wildman–Crippen MR) is 59.2 cm³/mol. The molecule has 2 rings (SSSR count). The Hall–Kier alpha value is -1.31. The molecule has 1 aliphatic carbocycles. The molecular weight excluding hydrogens is 188 g/mol. The Bertz CT molecular complexity index is 372. The maximum atomic E-state index is 11.4. The van der Waals surface area contributed by atoms with Crippen molar-refractivity contribution in [1.82, 2.24) is 0 Å². The van der Waals surface area contributed by atoms with Gasteiger partial charge in [0.05, 0.1) is 0 Å². The van der Waals surface area contributed by atoms with Gasteiger partial charge in [-0.3, -0.25) is 0 Å². The number of rotatable bonds is 1. The quantitative estimate of drug-likeness (QED) is 0.614. The number of hydrogen-bond acceptors (Lipinski definition) is 2. The van der Waals surface area contributed by atoms with E-state index in [0.29, 0.717) is 5.92 Å². The Labute approximate surface area is 90.3 Å². The molecule has 0 bridgehead atoms. The molecule has 0 aromatic carbocycles. The molecule has 0 N–H and O–H groups in total. The first-order chi connectivity index (χ1) is 7.08. The molecule has 1 aliphatic heterocycles. The summed E-state index contributed by atoms with van der Waals surface area (Å²) in [6.07, 6.45) is 7.81. The number of hydrogen-bond donors (Lipinski definition) is 0. The number of fused-ring (bicyclic) bond motifs is 1. The van der Waals surface area contributed by atoms with Gasteiger partial charge in [0.1, 0.15) is 6.10 Å². The molecule has 2 atom stereocenters. The van der Waals surface area contributed by atoms with Crippen molar-refractivity contribution >= 4 is 5.97 Å². The van der Waals surface area contributed by atoms with Gasteiger partial charge in [-0.15, -0.1) is 0 Å². The third-order valence-corrected chi connectivity index (χ3v) is 2.94. The highest BCUT2D eigenvalue weighted by molar-refractivity contribution is 5.84. The summed E-state index contributed by atoms with van der Waals surface area (Å²) in [5.41, 5.74) is 2.34. The smallest absolute Gasteiger partial charge is 0.331 e. The van der Waals surface area contributed by atoms with Gasteiger partial charge in [0.25, 0.3) is 0 Å². The summed E-state index contributed by atoms with van der Waals surface area (Å²) >= 11 is 0. The van der Waals surface area contributed by atoms with Crippen molar-refractivity contribution in [3.8, 4) is 0 Å². The molecular formula is C13H16O2. The van der Waals surface area contributed by atoms with Crippen LogP contribution in [0.2, 0.25) is 0 Å². The van der Waals surface area contributed by atoms with E-state index in [1.54, 1.807) is 6.08 Å². The molecule has 0 saturated carbocycles. The number of esters is 1. The summed E-state index contributed by atoms with van der Waals surface area (Å²) in [7, 11) is 0. The lowest BCUT2D eigenvalue weighted by Crippen LogP contribution is -2.32. The third kappa shape index (κ3) is 1.89. The zero-order chi connectivity index (χ0) is 11.0. The summed E-state index contributed by atoms with van der Waals surface area (Å²) in [6.45, 7) is 6.24. The highest BCUT2D eigenvalue weighted by Gasteiger charge is 2.32. The van der Waals surface area contributed by atoms with E-state index >= 15 is 0 Å². The summed E-state index contributed by atoms with van der Waals surface area (Å²) in [4.78, 5) is 11.4. The SMILES string of the molecule is CC1=CC2OC(=O)C=C(C(C)C)C2C=C1. The van der Waals surface area contributed by atoms with E-state index in [1.807, 2.05) is 13.0 Å². The summed E-state index contributed by atoms with van der Waals surface area (Å²) in [5.74, 6) is 0.424. The fourth-order valence-corrected chi connectivity index (χ4v) is 2.14. The Morgan fingerprint density at radius 1 is 1.40 bits per heavy atom. The second-order valence-electron chi connectivity index (χ2n) is 4.50. The molecule has 0 saturated heterocycles. The lowest BCUT2D eigenvalue weighted by atomic mass is 9.81. The molecule has 0 fully saturated rings. The zero-order valence-corrected chi connectivity index (χ0v) is 9.36. The van der Waals surface area contributed by atoms with Crippen LogP contribution >= 0.6 is 0 Å². The predicted octanol–water partition coefficient (Wildman–Crippen LogP) is 2.63. The van der Waals surface area contributed by atoms with Crippen LogP contribution in [-0.4, -0.2) is 12.1 Å². The lowest BCUT2D eigenvalue weighted by molar-refractivity contribution is -0.143. The van der Waals surface area contributed by atoms with Gasteiger partial charge in [-0.2, -0.15) is 0 Å². The third-order valence-electron chi connectivity index (χ3n) is 2.94. The highest BCUT2D eigenvalue weighted by atomic mass is 16.5. The molecule has 2 unspecified atom stereocenters. The Morgan fingerprint density at radius 3 is 2.80 bits per heavy atom. The number of carbonyl (C=O) groups excluding carboxylic acids is 1. The molecule has 0 spiro atoms. The molecule has 1 heterocycles. The first-order valence-electron chi connectivity index (χ1n) is 5.36. The van der Waals surface area contributed by atoms with Crippen LogP contribution in [0.5, 0.6) is 0 Å². The minimum atomic E-state index is -0.209. The molecule has 0 aromatic rings. The van der Waals surface area contributed by atoms with Crippen molar-refractivity contribution in [1.29, 1.82) is 0 Å². The van der Waals surface area contributed by atoms with Crippen LogP contribution < -0.4 is 0 Å². The Balaban J connectivity index is 2.35. The molecule has 2 aliphatic rings. The van der Waals surface area contributed by atoms with Gasteiger partial charge in [-0.25, -0.2) is 4.79 Å². The van der Waals surface area contributed by atoms with Gasteiger partial charge in [0.2, 0.25) is 0 Å². The van der Waals surface area contributed by atoms with Crippen molar-refractivity contribution in [2.24, 2.45) is 11.8 Å². The molecule has 0 radical (unpaired) electrons. The molecule has 0 amide bonds. The standard InChI is InChI=1S/C13H16O2/c1-8(2)11-7-13(14)15-12-6-9(3)4-5-10(11)12/h4-8,10,12H,1-3H3. The van der Waals surface area contributed by atoms with Crippen molar-refractivity contribution in [3.05, 3.63) is 35.5 Å². The number of carbonyl (C=O) groups is 1. The summed E-state index contributed by atoms with van der Waals surface area (Å²) < 4.78 is 5.30. The van der Waals surface area contributed by atoms with Gasteiger partial charge in [0, 0.05) is 12.0 Å². The average molecular weight is 204 g/mol. The van der Waals surface area contributed by atoms with Crippen LogP contribution in [0.4, 0.5) is 0 Å². The van der Waals surface area contributed by atoms with Crippen molar-refractivity contribution in [2.45, 2.75) is 26.9 Å². The van der Waals surface area contributed by atoms with Crippen LogP contribution in [0, 0.1) is 11.8 Å². The van der Waals surface area contributed by atoms with Gasteiger partial charge < -0.3 is 4.74 Å². The first kappa shape index (κ1) is 10.2. The minimum absolute atomic E-state index is 0.0927. The lowest BCUT2D eigenvalue weighted by Gasteiger charge is -2.32. The van der Waals surface area contributed by atoms with Crippen molar-refractivity contribution in [2.75, 3.05) is 0 Å². The van der Waals surface area contributed by atoms with E-state index in [-0.39, 0.29) is 18.0 Å². The Morgan fingerprint density at radius 2 is 2.13 bits per heavy atom. The average Bonchev–Trinajstić information content (AvgIpc) is 2.15. The maximum Gasteiger partial charge on any atom is 0.331 e. The van der Waals surface area contributed by atoms with Crippen LogP contribution in [0.25, 0.3) is 0 Å². The summed E-state index contributed by atoms with van der Waals surface area (Å²) in [5, 5.41) is 0. The number of allylic oxidation sites excluding steroid dienone is 2. The van der Waals surface area contributed by atoms with E-state index in [9.17, 15) is 4.79 Å². The van der Waals surface area contributed by atoms with Crippen molar-refractivity contribution in [3.63, 3.8) is 0 Å². The van der Waals surface area contributed by atoms with Gasteiger partial charge >= 0.3 is 5.97 Å². The molecule has 2 heteroatoms. The Kier molecular flexibility index (Phi) is 2.51. The fourth-order valence-electron chi connectivity index (χ4n) is 2.14. The molecule has 0 aromatic heterocycles. The van der Waals surface area contributed by atoms with Crippen LogP contribution in [0.15, 0.2) is 35.5 Å². The second kappa shape index (κ2) is 3.69. The van der Waals surface area contributed by atoms with Crippen molar-refractivity contribution < 1.29 is 9.53 Å². The van der Waals surface area contributed by atoms with Crippen LogP contribution in [-0.2, 0) is 9.53 Å². The maximum absolute atomic E-state index is 11.4. The largest absolute Gasteiger partial charge is 0.454 e. The van der Waals surface area contributed by atoms with E-state index in [2.05, 4.69) is 26.0 Å². The highest BCUT2D eigenvalue weighted by Crippen LogP contribution is 2.33. The van der Waals surface area contributed by atoms with E-state index in [4.69, 9.17) is 4.74 Å². The minimum Gasteiger partial charge on any atom is -0.454 e. The monoisotopic (exact) mass is 204 g/mol. The van der Waals surface area contributed by atoms with Crippen LogP contribution in [0.1, 0.15) is 20.8 Å². The first-order valence-corrected chi connectivity index (χ1v) is 5.36. The normalized spacial score (nSPS) is 29.5. The van der Waals surface area contributed by atoms with Gasteiger partial charge in [-0.05, 0) is 24.5 Å².